The Morgan fingerprint density at radius 1 is 1.38 bits per heavy atom. The van der Waals surface area contributed by atoms with Gasteiger partial charge in [0, 0.05) is 52.9 Å². The summed E-state index contributed by atoms with van der Waals surface area (Å²) < 4.78 is 5.75. The number of hydrogen-bond acceptors (Lipinski definition) is 4. The van der Waals surface area contributed by atoms with Gasteiger partial charge in [0.15, 0.2) is 5.96 Å². The molecular formula is C19H31N5O2. The van der Waals surface area contributed by atoms with Crippen molar-refractivity contribution < 1.29 is 9.53 Å². The molecule has 0 radical (unpaired) electrons. The molecule has 1 aliphatic heterocycles. The first-order chi connectivity index (χ1) is 12.5. The van der Waals surface area contributed by atoms with Crippen LogP contribution in [0, 0.1) is 0 Å². The van der Waals surface area contributed by atoms with Gasteiger partial charge in [-0.1, -0.05) is 12.1 Å². The van der Waals surface area contributed by atoms with E-state index in [1.807, 2.05) is 24.3 Å². The number of morpholine rings is 1. The summed E-state index contributed by atoms with van der Waals surface area (Å²) in [5, 5.41) is 6.63. The summed E-state index contributed by atoms with van der Waals surface area (Å²) in [4.78, 5) is 20.2. The molecule has 7 heteroatoms. The summed E-state index contributed by atoms with van der Waals surface area (Å²) in [6.45, 7) is 4.16. The molecule has 0 spiro atoms. The molecule has 0 saturated carbocycles. The minimum Gasteiger partial charge on any atom is -0.374 e. The van der Waals surface area contributed by atoms with Crippen molar-refractivity contribution in [2.45, 2.75) is 12.5 Å². The average molecular weight is 361 g/mol. The molecule has 1 saturated heterocycles. The fourth-order valence-corrected chi connectivity index (χ4v) is 2.86. The van der Waals surface area contributed by atoms with Gasteiger partial charge in [0.25, 0.3) is 5.91 Å². The number of nitrogens with one attached hydrogen (secondary N) is 2. The Morgan fingerprint density at radius 3 is 2.88 bits per heavy atom. The molecule has 1 aliphatic rings. The SMILES string of the molecule is CN=C(NCCc1cccc(C(=O)N(C)C)c1)NCC1CN(C)CCO1. The molecule has 1 amide bonds. The van der Waals surface area contributed by atoms with Crippen molar-refractivity contribution in [3.63, 3.8) is 0 Å². The summed E-state index contributed by atoms with van der Waals surface area (Å²) in [6, 6.07) is 7.76. The quantitative estimate of drug-likeness (QED) is 0.568. The fourth-order valence-electron chi connectivity index (χ4n) is 2.86. The predicted molar refractivity (Wildman–Crippen MR) is 105 cm³/mol. The highest BCUT2D eigenvalue weighted by Gasteiger charge is 2.17. The van der Waals surface area contributed by atoms with Crippen LogP contribution in [0.5, 0.6) is 0 Å². The van der Waals surface area contributed by atoms with Crippen LogP contribution >= 0.6 is 0 Å². The number of carbonyl (C=O) groups excluding carboxylic acids is 1. The maximum atomic E-state index is 12.0. The molecule has 0 bridgehead atoms. The number of likely N-dealkylation sites (N-methyl/N-ethyl adjacent to an activating group) is 1. The first-order valence-electron chi connectivity index (χ1n) is 9.05. The monoisotopic (exact) mass is 361 g/mol. The van der Waals surface area contributed by atoms with E-state index in [1.165, 1.54) is 0 Å². The average Bonchev–Trinajstić information content (AvgIpc) is 2.64. The summed E-state index contributed by atoms with van der Waals surface area (Å²) in [7, 11) is 7.40. The Hall–Kier alpha value is -2.12. The van der Waals surface area contributed by atoms with Crippen molar-refractivity contribution in [1.82, 2.24) is 20.4 Å². The van der Waals surface area contributed by atoms with E-state index in [0.717, 1.165) is 50.7 Å². The lowest BCUT2D eigenvalue weighted by Gasteiger charge is -2.30. The number of carbonyl (C=O) groups is 1. The number of hydrogen-bond donors (Lipinski definition) is 2. The van der Waals surface area contributed by atoms with Crippen LogP contribution in [0.4, 0.5) is 0 Å². The predicted octanol–water partition coefficient (Wildman–Crippen LogP) is 0.427. The van der Waals surface area contributed by atoms with Gasteiger partial charge in [-0.25, -0.2) is 0 Å². The van der Waals surface area contributed by atoms with E-state index in [1.54, 1.807) is 26.0 Å². The number of rotatable bonds is 6. The van der Waals surface area contributed by atoms with Crippen LogP contribution in [-0.4, -0.2) is 88.7 Å². The Labute approximate surface area is 156 Å². The van der Waals surface area contributed by atoms with Gasteiger partial charge in [-0.3, -0.25) is 9.79 Å². The van der Waals surface area contributed by atoms with Crippen LogP contribution in [0.2, 0.25) is 0 Å². The Balaban J connectivity index is 1.77. The third-order valence-electron chi connectivity index (χ3n) is 4.35. The van der Waals surface area contributed by atoms with Gasteiger partial charge in [0.2, 0.25) is 0 Å². The van der Waals surface area contributed by atoms with E-state index >= 15 is 0 Å². The van der Waals surface area contributed by atoms with Crippen LogP contribution in [-0.2, 0) is 11.2 Å². The number of guanidine groups is 1. The lowest BCUT2D eigenvalue weighted by molar-refractivity contribution is -0.0161. The second-order valence-electron chi connectivity index (χ2n) is 6.78. The standard InChI is InChI=1S/C19H31N5O2/c1-20-19(22-13-17-14-24(4)10-11-26-17)21-9-8-15-6-5-7-16(12-15)18(25)23(2)3/h5-7,12,17H,8-11,13-14H2,1-4H3,(H2,20,21,22). The summed E-state index contributed by atoms with van der Waals surface area (Å²) in [6.07, 6.45) is 0.999. The van der Waals surface area contributed by atoms with Gasteiger partial charge in [0.1, 0.15) is 0 Å². The van der Waals surface area contributed by atoms with E-state index in [4.69, 9.17) is 4.74 Å². The van der Waals surface area contributed by atoms with Crippen molar-refractivity contribution in [1.29, 1.82) is 0 Å². The molecule has 1 aromatic rings. The van der Waals surface area contributed by atoms with Gasteiger partial charge < -0.3 is 25.2 Å². The molecule has 2 rings (SSSR count). The zero-order chi connectivity index (χ0) is 18.9. The van der Waals surface area contributed by atoms with Gasteiger partial charge in [-0.2, -0.15) is 0 Å². The zero-order valence-electron chi connectivity index (χ0n) is 16.3. The van der Waals surface area contributed by atoms with E-state index in [0.29, 0.717) is 5.56 Å². The van der Waals surface area contributed by atoms with Crippen molar-refractivity contribution in [3.05, 3.63) is 35.4 Å². The highest BCUT2D eigenvalue weighted by Crippen LogP contribution is 2.07. The van der Waals surface area contributed by atoms with E-state index in [-0.39, 0.29) is 12.0 Å². The molecule has 0 aromatic heterocycles. The lowest BCUT2D eigenvalue weighted by Crippen LogP contribution is -2.48. The van der Waals surface area contributed by atoms with Crippen LogP contribution in [0.1, 0.15) is 15.9 Å². The molecule has 144 valence electrons. The normalized spacial score (nSPS) is 18.5. The fraction of sp³-hybridized carbons (Fsp3) is 0.579. The minimum atomic E-state index is 0.0229. The van der Waals surface area contributed by atoms with Gasteiger partial charge in [-0.05, 0) is 31.2 Å². The Morgan fingerprint density at radius 2 is 2.19 bits per heavy atom. The molecule has 1 fully saturated rings. The highest BCUT2D eigenvalue weighted by atomic mass is 16.5. The van der Waals surface area contributed by atoms with Crippen LogP contribution in [0.25, 0.3) is 0 Å². The second-order valence-corrected chi connectivity index (χ2v) is 6.78. The molecule has 7 nitrogen and oxygen atoms in total. The first-order valence-corrected chi connectivity index (χ1v) is 9.05. The zero-order valence-corrected chi connectivity index (χ0v) is 16.3. The third-order valence-corrected chi connectivity index (χ3v) is 4.35. The second kappa shape index (κ2) is 10.1. The third kappa shape index (κ3) is 6.31. The molecule has 2 N–H and O–H groups in total. The maximum Gasteiger partial charge on any atom is 0.253 e. The number of benzene rings is 1. The number of aliphatic imine (C=N–C) groups is 1. The summed E-state index contributed by atoms with van der Waals surface area (Å²) >= 11 is 0. The van der Waals surface area contributed by atoms with E-state index in [2.05, 4.69) is 27.6 Å². The van der Waals surface area contributed by atoms with E-state index in [9.17, 15) is 4.79 Å². The molecule has 0 aliphatic carbocycles. The molecule has 26 heavy (non-hydrogen) atoms. The topological polar surface area (TPSA) is 69.2 Å². The number of amides is 1. The highest BCUT2D eigenvalue weighted by molar-refractivity contribution is 5.94. The summed E-state index contributed by atoms with van der Waals surface area (Å²) in [5.41, 5.74) is 1.84. The van der Waals surface area contributed by atoms with Gasteiger partial charge in [0.05, 0.1) is 12.7 Å². The summed E-state index contributed by atoms with van der Waals surface area (Å²) in [5.74, 6) is 0.789. The van der Waals surface area contributed by atoms with Gasteiger partial charge >= 0.3 is 0 Å². The number of nitrogens with zero attached hydrogens (tertiary/aromatic N) is 3. The molecule has 1 heterocycles. The van der Waals surface area contributed by atoms with Crippen molar-refractivity contribution in [2.24, 2.45) is 4.99 Å². The van der Waals surface area contributed by atoms with Crippen LogP contribution in [0.3, 0.4) is 0 Å². The van der Waals surface area contributed by atoms with Gasteiger partial charge in [-0.15, -0.1) is 0 Å². The Kier molecular flexibility index (Phi) is 7.87. The largest absolute Gasteiger partial charge is 0.374 e. The van der Waals surface area contributed by atoms with Crippen LogP contribution in [0.15, 0.2) is 29.3 Å². The smallest absolute Gasteiger partial charge is 0.253 e. The first kappa shape index (κ1) is 20.2. The molecule has 1 aromatic carbocycles. The van der Waals surface area contributed by atoms with Crippen LogP contribution < -0.4 is 10.6 Å². The Bertz CT molecular complexity index is 618. The van der Waals surface area contributed by atoms with Crippen molar-refractivity contribution >= 4 is 11.9 Å². The molecular weight excluding hydrogens is 330 g/mol. The number of ether oxygens (including phenoxy) is 1. The lowest BCUT2D eigenvalue weighted by atomic mass is 10.1. The van der Waals surface area contributed by atoms with Crippen molar-refractivity contribution in [2.75, 3.05) is 61.0 Å². The van der Waals surface area contributed by atoms with E-state index < -0.39 is 0 Å². The maximum absolute atomic E-state index is 12.0. The molecule has 1 unspecified atom stereocenters. The molecule has 1 atom stereocenters. The minimum absolute atomic E-state index is 0.0229. The van der Waals surface area contributed by atoms with Crippen molar-refractivity contribution in [3.8, 4) is 0 Å².